The molecule has 1 aromatic rings. The fraction of sp³-hybridized carbons (Fsp3) is 0.450. The van der Waals surface area contributed by atoms with Gasteiger partial charge in [0.15, 0.2) is 0 Å². The van der Waals surface area contributed by atoms with Crippen LogP contribution >= 0.6 is 29.5 Å². The summed E-state index contributed by atoms with van der Waals surface area (Å²) in [6, 6.07) is 4.81. The van der Waals surface area contributed by atoms with E-state index in [1.165, 1.54) is 22.0 Å². The van der Waals surface area contributed by atoms with Gasteiger partial charge in [-0.25, -0.2) is 0 Å². The summed E-state index contributed by atoms with van der Waals surface area (Å²) in [5, 5.41) is 1.52. The summed E-state index contributed by atoms with van der Waals surface area (Å²) >= 11 is 0.382. The van der Waals surface area contributed by atoms with Gasteiger partial charge >= 0.3 is 33.2 Å². The van der Waals surface area contributed by atoms with Crippen molar-refractivity contribution in [2.75, 3.05) is 0 Å². The van der Waals surface area contributed by atoms with Crippen LogP contribution in [0.15, 0.2) is 36.4 Å². The number of hydrogen-bond donors (Lipinski definition) is 0. The fourth-order valence-electron chi connectivity index (χ4n) is 2.43. The van der Waals surface area contributed by atoms with E-state index in [1.54, 1.807) is 0 Å². The Bertz CT molecular complexity index is 495. The third-order valence-electron chi connectivity index (χ3n) is 3.81. The minimum atomic E-state index is 0.382. The second-order valence-electron chi connectivity index (χ2n) is 6.65. The second-order valence-corrected chi connectivity index (χ2v) is 9.08. The Morgan fingerprint density at radius 2 is 1.12 bits per heavy atom. The topological polar surface area (TPSA) is 0 Å². The quantitative estimate of drug-likeness (QED) is 0.452. The molecular formula is C20H31Cl2CoP+. The summed E-state index contributed by atoms with van der Waals surface area (Å²) in [5.41, 5.74) is 4.56. The first kappa shape index (κ1) is 24.2. The van der Waals surface area contributed by atoms with Crippen LogP contribution in [0.5, 0.6) is 0 Å². The number of allylic oxidation sites excluding steroid dienone is 4. The molecule has 1 atom stereocenters. The maximum atomic E-state index is 4.73. The van der Waals surface area contributed by atoms with Crippen molar-refractivity contribution in [3.8, 4) is 0 Å². The third kappa shape index (κ3) is 9.06. The Morgan fingerprint density at radius 1 is 0.750 bits per heavy atom. The summed E-state index contributed by atoms with van der Waals surface area (Å²) < 4.78 is 0. The van der Waals surface area contributed by atoms with E-state index in [1.807, 2.05) is 30.7 Å². The Labute approximate surface area is 166 Å². The fourth-order valence-corrected chi connectivity index (χ4v) is 3.45. The predicted octanol–water partition coefficient (Wildman–Crippen LogP) is 6.98. The zero-order valence-corrected chi connectivity index (χ0v) is 19.5. The third-order valence-corrected chi connectivity index (χ3v) is 4.62. The molecule has 4 heteroatoms. The molecule has 0 nitrogen and oxygen atoms in total. The minimum absolute atomic E-state index is 0.382. The summed E-state index contributed by atoms with van der Waals surface area (Å²) in [6.45, 7) is 13.7. The van der Waals surface area contributed by atoms with Gasteiger partial charge in [0.05, 0.1) is 5.30 Å². The van der Waals surface area contributed by atoms with Crippen molar-refractivity contribution in [3.05, 3.63) is 59.5 Å². The van der Waals surface area contributed by atoms with Crippen LogP contribution in [0.3, 0.4) is 0 Å². The van der Waals surface area contributed by atoms with E-state index >= 15 is 0 Å². The van der Waals surface area contributed by atoms with Gasteiger partial charge in [0, 0.05) is 15.7 Å². The molecule has 0 N–H and O–H groups in total. The molecule has 0 spiro atoms. The Balaban J connectivity index is 0.000000542. The molecule has 138 valence electrons. The molecular weight excluding hydrogens is 401 g/mol. The van der Waals surface area contributed by atoms with Crippen LogP contribution in [0.25, 0.3) is 0 Å². The van der Waals surface area contributed by atoms with Crippen molar-refractivity contribution in [1.82, 2.24) is 0 Å². The van der Waals surface area contributed by atoms with Gasteiger partial charge in [0.1, 0.15) is 0 Å². The molecule has 1 aliphatic carbocycles. The molecule has 1 unspecified atom stereocenters. The van der Waals surface area contributed by atoms with Gasteiger partial charge in [-0.15, -0.1) is 0 Å². The molecule has 0 amide bonds. The van der Waals surface area contributed by atoms with Gasteiger partial charge < -0.3 is 0 Å². The zero-order chi connectivity index (χ0) is 18.7. The first-order chi connectivity index (χ1) is 11.3. The zero-order valence-electron chi connectivity index (χ0n) is 15.6. The van der Waals surface area contributed by atoms with Crippen LogP contribution in [0.4, 0.5) is 0 Å². The van der Waals surface area contributed by atoms with E-state index in [-0.39, 0.29) is 0 Å². The number of benzene rings is 1. The van der Waals surface area contributed by atoms with E-state index in [0.717, 1.165) is 0 Å². The normalized spacial score (nSPS) is 12.6. The molecule has 0 fully saturated rings. The van der Waals surface area contributed by atoms with Gasteiger partial charge in [-0.05, 0) is 34.4 Å². The molecule has 0 aromatic heterocycles. The van der Waals surface area contributed by atoms with E-state index in [2.05, 4.69) is 62.9 Å². The molecule has 1 aliphatic rings. The van der Waals surface area contributed by atoms with E-state index in [4.69, 9.17) is 20.3 Å². The molecule has 2 rings (SSSR count). The van der Waals surface area contributed by atoms with Gasteiger partial charge in [0.2, 0.25) is 0 Å². The van der Waals surface area contributed by atoms with E-state index in [0.29, 0.717) is 30.6 Å². The summed E-state index contributed by atoms with van der Waals surface area (Å²) in [7, 11) is 11.5. The molecule has 0 aliphatic heterocycles. The number of rotatable bonds is 3. The molecule has 0 heterocycles. The number of halogens is 2. The summed E-state index contributed by atoms with van der Waals surface area (Å²) in [5.74, 6) is 1.88. The predicted molar refractivity (Wildman–Crippen MR) is 114 cm³/mol. The van der Waals surface area contributed by atoms with Crippen LogP contribution in [0.2, 0.25) is 0 Å². The van der Waals surface area contributed by atoms with Gasteiger partial charge in [-0.1, -0.05) is 78.0 Å². The van der Waals surface area contributed by atoms with E-state index in [9.17, 15) is 0 Å². The van der Waals surface area contributed by atoms with Gasteiger partial charge in [0.25, 0.3) is 0 Å². The first-order valence-electron chi connectivity index (χ1n) is 8.26. The van der Waals surface area contributed by atoms with Crippen molar-refractivity contribution in [3.63, 3.8) is 0 Å². The average Bonchev–Trinajstić information content (AvgIpc) is 3.06. The van der Waals surface area contributed by atoms with E-state index < -0.39 is 0 Å². The van der Waals surface area contributed by atoms with Crippen molar-refractivity contribution in [2.24, 2.45) is 0 Å². The van der Waals surface area contributed by atoms with Gasteiger partial charge in [-0.2, -0.15) is 0 Å². The van der Waals surface area contributed by atoms with Crippen molar-refractivity contribution >= 4 is 34.8 Å². The van der Waals surface area contributed by atoms with Crippen LogP contribution in [0, 0.1) is 6.42 Å². The van der Waals surface area contributed by atoms with Crippen molar-refractivity contribution in [2.45, 2.75) is 59.3 Å². The number of hydrogen-bond acceptors (Lipinski definition) is 0. The molecule has 0 saturated heterocycles. The van der Waals surface area contributed by atoms with Crippen LogP contribution < -0.4 is 5.30 Å². The molecule has 0 bridgehead atoms. The average molecular weight is 432 g/mol. The van der Waals surface area contributed by atoms with Gasteiger partial charge in [-0.3, -0.25) is 0 Å². The standard InChI is InChI=1S/C15H25P.C5H5.2ClH.Co/c1-9(2)12-7-13(10(3)4)15(16)14(8-12)11(5)6;1-2-4-5-3-1;;;/h7-11H,16H2,1-6H3;1-5H;2*1H;/q;;;;+2/p-1. The van der Waals surface area contributed by atoms with Crippen molar-refractivity contribution in [1.29, 1.82) is 0 Å². The Morgan fingerprint density at radius 3 is 1.33 bits per heavy atom. The molecule has 1 radical (unpaired) electrons. The summed E-state index contributed by atoms with van der Waals surface area (Å²) in [6.07, 6.45) is 10.0. The molecule has 1 aromatic carbocycles. The SMILES string of the molecule is CC(C)c1cc(C(C)C)c([PH3+])c(C(C)C)c1.[CH]1C=CC=C1.[Cl][Co][Cl]. The van der Waals surface area contributed by atoms with Crippen LogP contribution in [0.1, 0.15) is 76.0 Å². The van der Waals surface area contributed by atoms with Crippen LogP contribution in [-0.2, 0) is 12.9 Å². The summed E-state index contributed by atoms with van der Waals surface area (Å²) in [4.78, 5) is 0. The second kappa shape index (κ2) is 13.4. The van der Waals surface area contributed by atoms with Crippen LogP contribution in [-0.4, -0.2) is 0 Å². The molecule has 0 saturated carbocycles. The first-order valence-corrected chi connectivity index (χ1v) is 11.8. The monoisotopic (exact) mass is 431 g/mol. The Kier molecular flexibility index (Phi) is 13.5. The molecule has 24 heavy (non-hydrogen) atoms. The maximum absolute atomic E-state index is 4.73. The Hall–Kier alpha value is 0.216. The van der Waals surface area contributed by atoms with Crippen molar-refractivity contribution < 1.29 is 12.9 Å².